The second-order valence-electron chi connectivity index (χ2n) is 3.74. The molecule has 0 aliphatic heterocycles. The van der Waals surface area contributed by atoms with Crippen LogP contribution >= 0.6 is 0 Å². The van der Waals surface area contributed by atoms with Crippen LogP contribution in [0.4, 0.5) is 0 Å². The van der Waals surface area contributed by atoms with E-state index in [0.29, 0.717) is 18.5 Å². The summed E-state index contributed by atoms with van der Waals surface area (Å²) in [6.07, 6.45) is 3.10. The van der Waals surface area contributed by atoms with Crippen molar-refractivity contribution in [3.05, 3.63) is 38.1 Å². The summed E-state index contributed by atoms with van der Waals surface area (Å²) in [5.41, 5.74) is -0.0770. The van der Waals surface area contributed by atoms with Crippen molar-refractivity contribution in [2.24, 2.45) is 5.18 Å². The van der Waals surface area contributed by atoms with Gasteiger partial charge in [0.2, 0.25) is 5.43 Å². The summed E-state index contributed by atoms with van der Waals surface area (Å²) in [4.78, 5) is 36.0. The predicted octanol–water partition coefficient (Wildman–Crippen LogP) is 1.22. The topological polar surface area (TPSA) is 99.6 Å². The zero-order valence-corrected chi connectivity index (χ0v) is 8.40. The highest BCUT2D eigenvalue weighted by Crippen LogP contribution is 2.28. The minimum atomic E-state index is -1.29. The minimum absolute atomic E-state index is 0.223. The van der Waals surface area contributed by atoms with Gasteiger partial charge < -0.3 is 10.1 Å². The monoisotopic (exact) mass is 222 g/mol. The maximum Gasteiger partial charge on any atom is 0.341 e. The van der Waals surface area contributed by atoms with E-state index < -0.39 is 17.4 Å². The van der Waals surface area contributed by atoms with Gasteiger partial charge in [0.15, 0.2) is 0 Å². The third-order valence-electron chi connectivity index (χ3n) is 2.80. The number of nitrogens with one attached hydrogen (secondary N) is 1. The number of rotatable bonds is 2. The maximum atomic E-state index is 11.8. The van der Waals surface area contributed by atoms with Crippen LogP contribution in [-0.2, 0) is 6.42 Å². The quantitative estimate of drug-likeness (QED) is 0.734. The van der Waals surface area contributed by atoms with Gasteiger partial charge >= 0.3 is 5.97 Å². The minimum Gasteiger partial charge on any atom is -0.477 e. The molecule has 0 aromatic carbocycles. The molecule has 6 nitrogen and oxygen atoms in total. The number of aromatic nitrogens is 1. The SMILES string of the molecule is O=NC1CCCc2[nH]cc(C(=O)O)c(=O)c21. The molecule has 1 atom stereocenters. The van der Waals surface area contributed by atoms with Gasteiger partial charge in [-0.15, -0.1) is 0 Å². The molecule has 0 fully saturated rings. The molecule has 6 heteroatoms. The van der Waals surface area contributed by atoms with E-state index in [0.717, 1.165) is 6.42 Å². The lowest BCUT2D eigenvalue weighted by Gasteiger charge is -2.19. The van der Waals surface area contributed by atoms with Crippen LogP contribution in [-0.4, -0.2) is 16.1 Å². The fourth-order valence-electron chi connectivity index (χ4n) is 2.02. The third-order valence-corrected chi connectivity index (χ3v) is 2.80. The zero-order chi connectivity index (χ0) is 11.7. The van der Waals surface area contributed by atoms with Crippen molar-refractivity contribution in [2.45, 2.75) is 25.3 Å². The normalized spacial score (nSPS) is 18.9. The van der Waals surface area contributed by atoms with Crippen LogP contribution in [0.1, 0.15) is 40.5 Å². The number of fused-ring (bicyclic) bond motifs is 1. The largest absolute Gasteiger partial charge is 0.477 e. The van der Waals surface area contributed by atoms with E-state index in [2.05, 4.69) is 10.2 Å². The van der Waals surface area contributed by atoms with E-state index in [1.54, 1.807) is 0 Å². The number of pyridine rings is 1. The first-order valence-electron chi connectivity index (χ1n) is 4.95. The molecule has 0 spiro atoms. The number of hydrogen-bond acceptors (Lipinski definition) is 4. The zero-order valence-electron chi connectivity index (χ0n) is 8.40. The van der Waals surface area contributed by atoms with Crippen molar-refractivity contribution in [1.82, 2.24) is 4.98 Å². The van der Waals surface area contributed by atoms with Crippen LogP contribution in [0.5, 0.6) is 0 Å². The number of carbonyl (C=O) groups is 1. The number of nitrogens with zero attached hydrogens (tertiary/aromatic N) is 1. The Balaban J connectivity index is 2.66. The van der Waals surface area contributed by atoms with Crippen LogP contribution in [0, 0.1) is 4.91 Å². The molecule has 1 heterocycles. The van der Waals surface area contributed by atoms with Gasteiger partial charge in [0.1, 0.15) is 11.6 Å². The molecule has 2 N–H and O–H groups in total. The van der Waals surface area contributed by atoms with Crippen LogP contribution in [0.3, 0.4) is 0 Å². The van der Waals surface area contributed by atoms with Crippen molar-refractivity contribution in [2.75, 3.05) is 0 Å². The number of carboxylic acid groups (broad SMARTS) is 1. The van der Waals surface area contributed by atoms with Crippen molar-refractivity contribution in [3.8, 4) is 0 Å². The van der Waals surface area contributed by atoms with Gasteiger partial charge in [-0.1, -0.05) is 5.18 Å². The highest BCUT2D eigenvalue weighted by molar-refractivity contribution is 5.87. The van der Waals surface area contributed by atoms with Crippen molar-refractivity contribution in [1.29, 1.82) is 0 Å². The van der Waals surface area contributed by atoms with Crippen LogP contribution < -0.4 is 5.43 Å². The molecule has 16 heavy (non-hydrogen) atoms. The Labute approximate surface area is 90.3 Å². The van der Waals surface area contributed by atoms with Crippen LogP contribution in [0.25, 0.3) is 0 Å². The lowest BCUT2D eigenvalue weighted by molar-refractivity contribution is 0.0695. The van der Waals surface area contributed by atoms with E-state index in [1.165, 1.54) is 6.20 Å². The second-order valence-corrected chi connectivity index (χ2v) is 3.74. The van der Waals surface area contributed by atoms with E-state index in [-0.39, 0.29) is 11.1 Å². The lowest BCUT2D eigenvalue weighted by Crippen LogP contribution is -2.26. The first-order chi connectivity index (χ1) is 7.65. The van der Waals surface area contributed by atoms with Crippen LogP contribution in [0.2, 0.25) is 0 Å². The highest BCUT2D eigenvalue weighted by Gasteiger charge is 2.27. The molecule has 1 aromatic rings. The molecule has 84 valence electrons. The molecule has 1 aliphatic carbocycles. The molecular weight excluding hydrogens is 212 g/mol. The molecule has 0 saturated carbocycles. The molecule has 0 saturated heterocycles. The summed E-state index contributed by atoms with van der Waals surface area (Å²) in [5.74, 6) is -1.29. The number of carboxylic acids is 1. The first kappa shape index (κ1) is 10.5. The summed E-state index contributed by atoms with van der Waals surface area (Å²) in [6, 6.07) is -0.716. The van der Waals surface area contributed by atoms with Gasteiger partial charge in [0.25, 0.3) is 0 Å². The summed E-state index contributed by atoms with van der Waals surface area (Å²) < 4.78 is 0. The standard InChI is InChI=1S/C10H10N2O4/c13-9-5(10(14)15)4-11-6-2-1-3-7(12-16)8(6)9/h4,7H,1-3H2,(H,11,13)(H,14,15). The number of aromatic carboxylic acids is 1. The van der Waals surface area contributed by atoms with Gasteiger partial charge in [-0.3, -0.25) is 4.79 Å². The Morgan fingerprint density at radius 3 is 2.94 bits per heavy atom. The number of aromatic amines is 1. The van der Waals surface area contributed by atoms with Crippen molar-refractivity contribution < 1.29 is 9.90 Å². The number of nitroso groups, excluding NO2 is 1. The van der Waals surface area contributed by atoms with Crippen molar-refractivity contribution in [3.63, 3.8) is 0 Å². The van der Waals surface area contributed by atoms with Crippen LogP contribution in [0.15, 0.2) is 16.2 Å². The predicted molar refractivity (Wildman–Crippen MR) is 55.5 cm³/mol. The molecule has 0 amide bonds. The molecular formula is C10H10N2O4. The maximum absolute atomic E-state index is 11.8. The Bertz CT molecular complexity index is 506. The smallest absolute Gasteiger partial charge is 0.341 e. The molecule has 2 rings (SSSR count). The lowest BCUT2D eigenvalue weighted by atomic mass is 9.90. The first-order valence-corrected chi connectivity index (χ1v) is 4.95. The summed E-state index contributed by atoms with van der Waals surface area (Å²) in [7, 11) is 0. The molecule has 1 aromatic heterocycles. The Morgan fingerprint density at radius 2 is 2.31 bits per heavy atom. The summed E-state index contributed by atoms with van der Waals surface area (Å²) in [6.45, 7) is 0. The van der Waals surface area contributed by atoms with Gasteiger partial charge in [-0.05, 0) is 19.3 Å². The Kier molecular flexibility index (Phi) is 2.55. The van der Waals surface area contributed by atoms with Gasteiger partial charge in [0.05, 0.1) is 0 Å². The molecule has 1 aliphatic rings. The summed E-state index contributed by atoms with van der Waals surface area (Å²) >= 11 is 0. The average molecular weight is 222 g/mol. The second kappa shape index (κ2) is 3.88. The van der Waals surface area contributed by atoms with Crippen molar-refractivity contribution >= 4 is 5.97 Å². The number of aryl methyl sites for hydroxylation is 1. The van der Waals surface area contributed by atoms with E-state index in [9.17, 15) is 14.5 Å². The Morgan fingerprint density at radius 1 is 1.56 bits per heavy atom. The molecule has 0 radical (unpaired) electrons. The number of H-pyrrole nitrogens is 1. The summed E-state index contributed by atoms with van der Waals surface area (Å²) in [5, 5.41) is 11.7. The van der Waals surface area contributed by atoms with E-state index >= 15 is 0 Å². The number of hydrogen-bond donors (Lipinski definition) is 2. The fraction of sp³-hybridized carbons (Fsp3) is 0.400. The molecule has 1 unspecified atom stereocenters. The fourth-order valence-corrected chi connectivity index (χ4v) is 2.02. The average Bonchev–Trinajstić information content (AvgIpc) is 2.28. The van der Waals surface area contributed by atoms with E-state index in [1.807, 2.05) is 0 Å². The van der Waals surface area contributed by atoms with E-state index in [4.69, 9.17) is 5.11 Å². The van der Waals surface area contributed by atoms with Gasteiger partial charge in [-0.2, -0.15) is 4.91 Å². The third kappa shape index (κ3) is 1.52. The van der Waals surface area contributed by atoms with Gasteiger partial charge in [0, 0.05) is 17.5 Å². The Hall–Kier alpha value is -1.98. The van der Waals surface area contributed by atoms with Gasteiger partial charge in [-0.25, -0.2) is 4.79 Å². The highest BCUT2D eigenvalue weighted by atomic mass is 16.4. The molecule has 0 bridgehead atoms.